The smallest absolute Gasteiger partial charge is 0.251 e. The van der Waals surface area contributed by atoms with Crippen LogP contribution in [0.5, 0.6) is 0 Å². The first kappa shape index (κ1) is 20.0. The van der Waals surface area contributed by atoms with Crippen molar-refractivity contribution in [3.05, 3.63) is 47.3 Å². The summed E-state index contributed by atoms with van der Waals surface area (Å²) in [5.74, 6) is -0.551. The monoisotopic (exact) mass is 406 g/mol. The Morgan fingerprint density at radius 1 is 1.29 bits per heavy atom. The van der Waals surface area contributed by atoms with Gasteiger partial charge in [-0.1, -0.05) is 11.2 Å². The van der Waals surface area contributed by atoms with E-state index >= 15 is 0 Å². The Morgan fingerprint density at radius 3 is 2.68 bits per heavy atom. The number of carbonyl (C=O) groups is 2. The molecule has 0 spiro atoms. The van der Waals surface area contributed by atoms with Gasteiger partial charge in [-0.05, 0) is 38.0 Å². The van der Waals surface area contributed by atoms with Crippen LogP contribution in [0.25, 0.3) is 0 Å². The van der Waals surface area contributed by atoms with Gasteiger partial charge in [0, 0.05) is 30.4 Å². The van der Waals surface area contributed by atoms with Gasteiger partial charge in [0.25, 0.3) is 5.91 Å². The fraction of sp³-hybridized carbons (Fsp3) is 0.389. The zero-order valence-corrected chi connectivity index (χ0v) is 16.5. The van der Waals surface area contributed by atoms with Crippen LogP contribution in [-0.2, 0) is 20.6 Å². The van der Waals surface area contributed by atoms with Crippen molar-refractivity contribution in [2.45, 2.75) is 31.6 Å². The Bertz CT molecular complexity index is 981. The molecule has 150 valence electrons. The number of rotatable bonds is 8. The van der Waals surface area contributed by atoms with Gasteiger partial charge in [0.05, 0.1) is 6.54 Å². The van der Waals surface area contributed by atoms with E-state index in [-0.39, 0.29) is 29.9 Å². The maximum atomic E-state index is 12.4. The minimum atomic E-state index is -3.73. The first-order chi connectivity index (χ1) is 13.2. The van der Waals surface area contributed by atoms with Gasteiger partial charge >= 0.3 is 0 Å². The van der Waals surface area contributed by atoms with Crippen molar-refractivity contribution in [3.8, 4) is 0 Å². The molecule has 28 heavy (non-hydrogen) atoms. The molecule has 3 rings (SSSR count). The molecule has 0 atom stereocenters. The Labute approximate surface area is 163 Å². The quantitative estimate of drug-likeness (QED) is 0.681. The number of anilines is 1. The molecule has 1 aromatic carbocycles. The van der Waals surface area contributed by atoms with Gasteiger partial charge in [0.1, 0.15) is 17.2 Å². The molecule has 2 amide bonds. The first-order valence-electron chi connectivity index (χ1n) is 8.80. The van der Waals surface area contributed by atoms with Crippen LogP contribution in [0.1, 0.15) is 34.7 Å². The van der Waals surface area contributed by atoms with Gasteiger partial charge in [-0.25, -0.2) is 8.42 Å². The summed E-state index contributed by atoms with van der Waals surface area (Å²) in [6, 6.07) is 8.28. The van der Waals surface area contributed by atoms with Crippen LogP contribution in [0, 0.1) is 6.92 Å². The van der Waals surface area contributed by atoms with Crippen molar-refractivity contribution in [1.29, 1.82) is 0 Å². The molecule has 1 heterocycles. The number of aromatic nitrogens is 1. The first-order valence-corrected chi connectivity index (χ1v) is 10.4. The van der Waals surface area contributed by atoms with E-state index in [1.807, 2.05) is 0 Å². The number of nitrogens with zero attached hydrogens (tertiary/aromatic N) is 2. The Morgan fingerprint density at radius 2 is 2.04 bits per heavy atom. The lowest BCUT2D eigenvalue weighted by Gasteiger charge is -2.16. The summed E-state index contributed by atoms with van der Waals surface area (Å²) < 4.78 is 30.5. The van der Waals surface area contributed by atoms with Gasteiger partial charge in [-0.15, -0.1) is 0 Å². The van der Waals surface area contributed by atoms with Crippen molar-refractivity contribution in [2.75, 3.05) is 18.9 Å². The Balaban J connectivity index is 1.57. The molecule has 1 fully saturated rings. The molecule has 0 bridgehead atoms. The molecule has 1 aliphatic rings. The molecule has 9 nitrogen and oxygen atoms in total. The Hall–Kier alpha value is -2.72. The van der Waals surface area contributed by atoms with Crippen molar-refractivity contribution >= 4 is 27.5 Å². The number of aryl methyl sites for hydroxylation is 1. The maximum absolute atomic E-state index is 12.4. The second kappa shape index (κ2) is 8.11. The van der Waals surface area contributed by atoms with Crippen LogP contribution in [0.3, 0.4) is 0 Å². The second-order valence-corrected chi connectivity index (χ2v) is 8.89. The minimum Gasteiger partial charge on any atom is -0.361 e. The van der Waals surface area contributed by atoms with Gasteiger partial charge in [-0.2, -0.15) is 4.31 Å². The lowest BCUT2D eigenvalue weighted by atomic mass is 10.2. The van der Waals surface area contributed by atoms with Crippen LogP contribution < -0.4 is 10.6 Å². The summed E-state index contributed by atoms with van der Waals surface area (Å²) in [5.41, 5.74) is 1.14. The van der Waals surface area contributed by atoms with Crippen LogP contribution in [0.15, 0.2) is 34.9 Å². The molecular weight excluding hydrogens is 384 g/mol. The predicted octanol–water partition coefficient (Wildman–Crippen LogP) is 1.28. The van der Waals surface area contributed by atoms with E-state index in [4.69, 9.17) is 4.52 Å². The van der Waals surface area contributed by atoms with E-state index in [0.29, 0.717) is 17.0 Å². The van der Waals surface area contributed by atoms with Crippen molar-refractivity contribution in [3.63, 3.8) is 0 Å². The summed E-state index contributed by atoms with van der Waals surface area (Å²) in [7, 11) is -2.41. The van der Waals surface area contributed by atoms with Crippen LogP contribution in [-0.4, -0.2) is 49.3 Å². The van der Waals surface area contributed by atoms with E-state index in [9.17, 15) is 18.0 Å². The fourth-order valence-electron chi connectivity index (χ4n) is 2.52. The molecule has 1 aliphatic carbocycles. The molecule has 1 aromatic heterocycles. The number of benzene rings is 1. The van der Waals surface area contributed by atoms with Crippen LogP contribution in [0.2, 0.25) is 0 Å². The SMILES string of the molecule is Cc1cc(CS(=O)(=O)N(C)CC(=O)Nc2cccc(C(=O)NC3CC3)c2)no1. The summed E-state index contributed by atoms with van der Waals surface area (Å²) in [6.45, 7) is 1.30. The van der Waals surface area contributed by atoms with Gasteiger partial charge in [-0.3, -0.25) is 9.59 Å². The minimum absolute atomic E-state index is 0.193. The van der Waals surface area contributed by atoms with Gasteiger partial charge < -0.3 is 15.2 Å². The van der Waals surface area contributed by atoms with Crippen molar-refractivity contribution in [2.24, 2.45) is 0 Å². The summed E-state index contributed by atoms with van der Waals surface area (Å²) in [6.07, 6.45) is 1.97. The standard InChI is InChI=1S/C18H22N4O5S/c1-12-8-16(21-27-12)11-28(25,26)22(2)10-17(23)19-15-5-3-4-13(9-15)18(24)20-14-6-7-14/h3-5,8-9,14H,6-7,10-11H2,1-2H3,(H,19,23)(H,20,24). The molecule has 0 unspecified atom stereocenters. The van der Waals surface area contributed by atoms with Crippen LogP contribution in [0.4, 0.5) is 5.69 Å². The highest BCUT2D eigenvalue weighted by Crippen LogP contribution is 2.20. The lowest BCUT2D eigenvalue weighted by molar-refractivity contribution is -0.116. The predicted molar refractivity (Wildman–Crippen MR) is 102 cm³/mol. The molecule has 1 saturated carbocycles. The molecule has 2 N–H and O–H groups in total. The number of sulfonamides is 1. The van der Waals surface area contributed by atoms with Crippen molar-refractivity contribution in [1.82, 2.24) is 14.8 Å². The van der Waals surface area contributed by atoms with Gasteiger partial charge in [0.2, 0.25) is 15.9 Å². The topological polar surface area (TPSA) is 122 Å². The largest absolute Gasteiger partial charge is 0.361 e. The van der Waals surface area contributed by atoms with Crippen molar-refractivity contribution < 1.29 is 22.5 Å². The number of hydrogen-bond acceptors (Lipinski definition) is 6. The number of nitrogens with one attached hydrogen (secondary N) is 2. The zero-order chi connectivity index (χ0) is 20.3. The van der Waals surface area contributed by atoms with E-state index in [0.717, 1.165) is 17.1 Å². The third-order valence-electron chi connectivity index (χ3n) is 4.17. The summed E-state index contributed by atoms with van der Waals surface area (Å²) >= 11 is 0. The van der Waals surface area contributed by atoms with E-state index in [1.54, 1.807) is 31.2 Å². The average Bonchev–Trinajstić information content (AvgIpc) is 3.34. The van der Waals surface area contributed by atoms with Gasteiger partial charge in [0.15, 0.2) is 0 Å². The number of hydrogen-bond donors (Lipinski definition) is 2. The van der Waals surface area contributed by atoms with E-state index in [1.165, 1.54) is 13.1 Å². The molecular formula is C18H22N4O5S. The third-order valence-corrected chi connectivity index (χ3v) is 5.91. The van der Waals surface area contributed by atoms with E-state index in [2.05, 4.69) is 15.8 Å². The molecule has 0 saturated heterocycles. The number of carbonyl (C=O) groups excluding carboxylic acids is 2. The highest BCUT2D eigenvalue weighted by molar-refractivity contribution is 7.88. The van der Waals surface area contributed by atoms with Crippen LogP contribution >= 0.6 is 0 Å². The second-order valence-electron chi connectivity index (χ2n) is 6.82. The highest BCUT2D eigenvalue weighted by Gasteiger charge is 2.24. The fourth-order valence-corrected chi connectivity index (χ4v) is 3.56. The number of likely N-dealkylation sites (N-methyl/N-ethyl adjacent to an activating group) is 1. The lowest BCUT2D eigenvalue weighted by Crippen LogP contribution is -2.35. The van der Waals surface area contributed by atoms with E-state index < -0.39 is 15.9 Å². The average molecular weight is 406 g/mol. The zero-order valence-electron chi connectivity index (χ0n) is 15.6. The number of amides is 2. The molecule has 0 aliphatic heterocycles. The normalized spacial score (nSPS) is 14.1. The Kier molecular flexibility index (Phi) is 5.80. The molecule has 2 aromatic rings. The summed E-state index contributed by atoms with van der Waals surface area (Å²) in [4.78, 5) is 24.3. The molecule has 10 heteroatoms. The maximum Gasteiger partial charge on any atom is 0.251 e. The third kappa shape index (κ3) is 5.40. The molecule has 0 radical (unpaired) electrons. The highest BCUT2D eigenvalue weighted by atomic mass is 32.2. The summed E-state index contributed by atoms with van der Waals surface area (Å²) in [5, 5.41) is 9.15.